The zero-order valence-electron chi connectivity index (χ0n) is 15.0. The summed E-state index contributed by atoms with van der Waals surface area (Å²) in [6.45, 7) is 8.79. The Balaban J connectivity index is 1.78. The average molecular weight is 331 g/mol. The summed E-state index contributed by atoms with van der Waals surface area (Å²) in [5.41, 5.74) is 3.47. The van der Waals surface area contributed by atoms with E-state index < -0.39 is 0 Å². The van der Waals surface area contributed by atoms with Gasteiger partial charge >= 0.3 is 0 Å². The summed E-state index contributed by atoms with van der Waals surface area (Å²) < 4.78 is 6.93. The molecular formula is C17H25N5O2. The van der Waals surface area contributed by atoms with Crippen LogP contribution in [0, 0.1) is 20.8 Å². The van der Waals surface area contributed by atoms with Crippen LogP contribution < -0.4 is 5.32 Å². The van der Waals surface area contributed by atoms with E-state index in [0.29, 0.717) is 11.6 Å². The van der Waals surface area contributed by atoms with Crippen molar-refractivity contribution in [2.45, 2.75) is 52.6 Å². The van der Waals surface area contributed by atoms with Crippen LogP contribution in [0.3, 0.4) is 0 Å². The quantitative estimate of drug-likeness (QED) is 0.931. The first-order valence-electron chi connectivity index (χ1n) is 8.38. The number of aromatic nitrogens is 3. The first kappa shape index (κ1) is 16.7. The highest BCUT2D eigenvalue weighted by molar-refractivity contribution is 5.93. The lowest BCUT2D eigenvalue weighted by atomic mass is 10.0. The van der Waals surface area contributed by atoms with Crippen LogP contribution >= 0.6 is 0 Å². The van der Waals surface area contributed by atoms with Gasteiger partial charge in [-0.1, -0.05) is 5.16 Å². The minimum absolute atomic E-state index is 0.0607. The molecule has 7 heteroatoms. The van der Waals surface area contributed by atoms with Crippen molar-refractivity contribution in [1.82, 2.24) is 19.8 Å². The number of nitrogens with one attached hydrogen (secondary N) is 1. The number of rotatable bonds is 4. The van der Waals surface area contributed by atoms with Crippen LogP contribution in [-0.2, 0) is 11.8 Å². The van der Waals surface area contributed by atoms with Crippen molar-refractivity contribution in [3.8, 4) is 0 Å². The number of aryl methyl sites for hydroxylation is 3. The molecule has 0 bridgehead atoms. The van der Waals surface area contributed by atoms with Crippen LogP contribution in [0.5, 0.6) is 0 Å². The maximum Gasteiger partial charge on any atom is 0.242 e. The zero-order chi connectivity index (χ0) is 17.4. The molecule has 1 amide bonds. The van der Waals surface area contributed by atoms with Crippen LogP contribution in [0.1, 0.15) is 48.5 Å². The Bertz CT molecular complexity index is 748. The van der Waals surface area contributed by atoms with Crippen molar-refractivity contribution in [3.63, 3.8) is 0 Å². The standard InChI is InChI=1S/C17H25N5O2/c1-10-9-15(20-24-10)18-17(23)13(4)22-8-6-7-14(22)16-11(2)19-21(5)12(16)3/h9,13-14H,6-8H2,1-5H3,(H,18,20,23)/t13-,14+/m1/s1. The fraction of sp³-hybridized carbons (Fsp3) is 0.588. The molecule has 0 saturated carbocycles. The molecule has 2 aromatic rings. The molecule has 0 aliphatic carbocycles. The summed E-state index contributed by atoms with van der Waals surface area (Å²) in [6, 6.07) is 1.72. The molecule has 2 atom stereocenters. The second-order valence-electron chi connectivity index (χ2n) is 6.59. The Morgan fingerprint density at radius 1 is 1.42 bits per heavy atom. The van der Waals surface area contributed by atoms with Gasteiger partial charge in [0.15, 0.2) is 5.82 Å². The second kappa shape index (κ2) is 6.39. The van der Waals surface area contributed by atoms with Gasteiger partial charge in [-0.25, -0.2) is 0 Å². The Morgan fingerprint density at radius 2 is 2.17 bits per heavy atom. The minimum Gasteiger partial charge on any atom is -0.360 e. The smallest absolute Gasteiger partial charge is 0.242 e. The lowest BCUT2D eigenvalue weighted by Crippen LogP contribution is -2.41. The van der Waals surface area contributed by atoms with Crippen molar-refractivity contribution < 1.29 is 9.32 Å². The monoisotopic (exact) mass is 331 g/mol. The van der Waals surface area contributed by atoms with E-state index in [4.69, 9.17) is 4.52 Å². The molecule has 0 radical (unpaired) electrons. The molecule has 3 rings (SSSR count). The summed E-state index contributed by atoms with van der Waals surface area (Å²) in [6.07, 6.45) is 2.13. The molecule has 24 heavy (non-hydrogen) atoms. The van der Waals surface area contributed by atoms with Crippen LogP contribution in [-0.4, -0.2) is 38.3 Å². The number of anilines is 1. The van der Waals surface area contributed by atoms with Crippen LogP contribution in [0.25, 0.3) is 0 Å². The van der Waals surface area contributed by atoms with Crippen LogP contribution in [0.15, 0.2) is 10.6 Å². The van der Waals surface area contributed by atoms with E-state index in [1.807, 2.05) is 25.6 Å². The predicted molar refractivity (Wildman–Crippen MR) is 90.7 cm³/mol. The Kier molecular flexibility index (Phi) is 4.45. The fourth-order valence-corrected chi connectivity index (χ4v) is 3.64. The summed E-state index contributed by atoms with van der Waals surface area (Å²) in [7, 11) is 1.97. The van der Waals surface area contributed by atoms with Gasteiger partial charge in [-0.2, -0.15) is 5.10 Å². The average Bonchev–Trinajstić information content (AvgIpc) is 3.20. The molecule has 1 N–H and O–H groups in total. The van der Waals surface area contributed by atoms with Crippen LogP contribution in [0.4, 0.5) is 5.82 Å². The minimum atomic E-state index is -0.242. The Hall–Kier alpha value is -2.15. The number of hydrogen-bond donors (Lipinski definition) is 1. The van der Waals surface area contributed by atoms with Crippen molar-refractivity contribution >= 4 is 11.7 Å². The SMILES string of the molecule is Cc1cc(NC(=O)[C@@H](C)N2CCC[C@H]2c2c(C)nn(C)c2C)no1. The molecule has 3 heterocycles. The van der Waals surface area contributed by atoms with Gasteiger partial charge in [0.25, 0.3) is 0 Å². The molecular weight excluding hydrogens is 306 g/mol. The van der Waals surface area contributed by atoms with Gasteiger partial charge in [0.1, 0.15) is 5.76 Å². The molecule has 7 nitrogen and oxygen atoms in total. The van der Waals surface area contributed by atoms with E-state index in [2.05, 4.69) is 27.4 Å². The molecule has 0 unspecified atom stereocenters. The number of nitrogens with zero attached hydrogens (tertiary/aromatic N) is 4. The maximum absolute atomic E-state index is 12.6. The van der Waals surface area contributed by atoms with Gasteiger partial charge < -0.3 is 9.84 Å². The van der Waals surface area contributed by atoms with Gasteiger partial charge in [-0.15, -0.1) is 0 Å². The first-order valence-corrected chi connectivity index (χ1v) is 8.38. The van der Waals surface area contributed by atoms with Gasteiger partial charge in [0.2, 0.25) is 5.91 Å². The fourth-order valence-electron chi connectivity index (χ4n) is 3.64. The number of hydrogen-bond acceptors (Lipinski definition) is 5. The predicted octanol–water partition coefficient (Wildman–Crippen LogP) is 2.50. The normalized spacial score (nSPS) is 19.6. The third-order valence-corrected chi connectivity index (χ3v) is 4.95. The molecule has 1 aliphatic rings. The number of likely N-dealkylation sites (tertiary alicyclic amines) is 1. The van der Waals surface area contributed by atoms with Gasteiger partial charge in [-0.05, 0) is 47.1 Å². The van der Waals surface area contributed by atoms with E-state index >= 15 is 0 Å². The maximum atomic E-state index is 12.6. The summed E-state index contributed by atoms with van der Waals surface area (Å²) in [4.78, 5) is 14.9. The molecule has 1 fully saturated rings. The third-order valence-electron chi connectivity index (χ3n) is 4.95. The summed E-state index contributed by atoms with van der Waals surface area (Å²) in [5.74, 6) is 1.09. The number of carbonyl (C=O) groups is 1. The number of amides is 1. The molecule has 1 saturated heterocycles. The lowest BCUT2D eigenvalue weighted by molar-refractivity contribution is -0.121. The molecule has 0 spiro atoms. The van der Waals surface area contributed by atoms with E-state index in [1.165, 1.54) is 11.3 Å². The van der Waals surface area contributed by atoms with Gasteiger partial charge in [0, 0.05) is 30.4 Å². The van der Waals surface area contributed by atoms with E-state index in [9.17, 15) is 4.79 Å². The van der Waals surface area contributed by atoms with E-state index in [1.54, 1.807) is 13.0 Å². The number of carbonyl (C=O) groups excluding carboxylic acids is 1. The topological polar surface area (TPSA) is 76.2 Å². The van der Waals surface area contributed by atoms with Crippen molar-refractivity contribution in [1.29, 1.82) is 0 Å². The molecule has 1 aliphatic heterocycles. The first-order chi connectivity index (χ1) is 11.4. The van der Waals surface area contributed by atoms with E-state index in [-0.39, 0.29) is 18.0 Å². The largest absolute Gasteiger partial charge is 0.360 e. The Labute approximate surface area is 142 Å². The van der Waals surface area contributed by atoms with Crippen molar-refractivity contribution in [2.24, 2.45) is 7.05 Å². The van der Waals surface area contributed by atoms with Gasteiger partial charge in [0.05, 0.1) is 11.7 Å². The molecule has 2 aromatic heterocycles. The third kappa shape index (κ3) is 2.96. The molecule has 0 aromatic carbocycles. The Morgan fingerprint density at radius 3 is 2.75 bits per heavy atom. The van der Waals surface area contributed by atoms with Crippen molar-refractivity contribution in [3.05, 3.63) is 28.8 Å². The van der Waals surface area contributed by atoms with E-state index in [0.717, 1.165) is 25.1 Å². The molecule has 130 valence electrons. The highest BCUT2D eigenvalue weighted by Crippen LogP contribution is 2.36. The van der Waals surface area contributed by atoms with Crippen LogP contribution in [0.2, 0.25) is 0 Å². The highest BCUT2D eigenvalue weighted by atomic mass is 16.5. The summed E-state index contributed by atoms with van der Waals surface area (Å²) in [5, 5.41) is 11.2. The zero-order valence-corrected chi connectivity index (χ0v) is 15.0. The van der Waals surface area contributed by atoms with Crippen molar-refractivity contribution in [2.75, 3.05) is 11.9 Å². The lowest BCUT2D eigenvalue weighted by Gasteiger charge is -2.30. The highest BCUT2D eigenvalue weighted by Gasteiger charge is 2.35. The van der Waals surface area contributed by atoms with Gasteiger partial charge in [-0.3, -0.25) is 14.4 Å². The second-order valence-corrected chi connectivity index (χ2v) is 6.59. The summed E-state index contributed by atoms with van der Waals surface area (Å²) >= 11 is 0.